The zero-order valence-corrected chi connectivity index (χ0v) is 15.2. The lowest BCUT2D eigenvalue weighted by atomic mass is 10.1. The van der Waals surface area contributed by atoms with Gasteiger partial charge in [0.2, 0.25) is 5.95 Å². The maximum Gasteiger partial charge on any atom is 0.258 e. The number of anilines is 3. The molecule has 0 bridgehead atoms. The summed E-state index contributed by atoms with van der Waals surface area (Å²) < 4.78 is 0. The fourth-order valence-electron chi connectivity index (χ4n) is 2.60. The first-order chi connectivity index (χ1) is 13.1. The quantitative estimate of drug-likeness (QED) is 0.643. The van der Waals surface area contributed by atoms with Crippen molar-refractivity contribution in [2.45, 2.75) is 20.3 Å². The Hall–Kier alpha value is -3.54. The van der Waals surface area contributed by atoms with Crippen molar-refractivity contribution in [1.29, 1.82) is 0 Å². The molecule has 0 aliphatic heterocycles. The summed E-state index contributed by atoms with van der Waals surface area (Å²) in [5.74, 6) is 0.0705. The minimum Gasteiger partial charge on any atom is -0.324 e. The number of carbonyl (C=O) groups is 2. The predicted octanol–water partition coefficient (Wildman–Crippen LogP) is 4.24. The van der Waals surface area contributed by atoms with E-state index in [-0.39, 0.29) is 11.7 Å². The maximum atomic E-state index is 12.4. The molecule has 0 saturated carbocycles. The number of nitrogens with zero attached hydrogens (tertiary/aromatic N) is 2. The minimum atomic E-state index is -0.263. The Balaban J connectivity index is 1.70. The largest absolute Gasteiger partial charge is 0.324 e. The van der Waals surface area contributed by atoms with Crippen LogP contribution in [0.1, 0.15) is 40.1 Å². The number of aromatic nitrogens is 2. The lowest BCUT2D eigenvalue weighted by molar-refractivity contribution is 0.101. The van der Waals surface area contributed by atoms with E-state index in [9.17, 15) is 9.59 Å². The molecule has 2 aromatic carbocycles. The molecule has 2 N–H and O–H groups in total. The molecule has 0 radical (unpaired) electrons. The molecule has 0 unspecified atom stereocenters. The van der Waals surface area contributed by atoms with Gasteiger partial charge in [-0.25, -0.2) is 9.97 Å². The van der Waals surface area contributed by atoms with E-state index >= 15 is 0 Å². The van der Waals surface area contributed by atoms with E-state index in [1.54, 1.807) is 18.2 Å². The van der Waals surface area contributed by atoms with Gasteiger partial charge >= 0.3 is 0 Å². The molecule has 0 aliphatic carbocycles. The van der Waals surface area contributed by atoms with Crippen LogP contribution in [0, 0.1) is 0 Å². The number of hydrogen-bond donors (Lipinski definition) is 2. The van der Waals surface area contributed by atoms with Gasteiger partial charge in [0.1, 0.15) is 0 Å². The van der Waals surface area contributed by atoms with Gasteiger partial charge < -0.3 is 10.6 Å². The van der Waals surface area contributed by atoms with E-state index in [0.717, 1.165) is 17.7 Å². The molecule has 136 valence electrons. The van der Waals surface area contributed by atoms with Crippen molar-refractivity contribution in [2.24, 2.45) is 0 Å². The highest BCUT2D eigenvalue weighted by Gasteiger charge is 2.10. The molecule has 1 aromatic heterocycles. The standard InChI is InChI=1S/C21H20N4O2/c1-3-15-7-4-5-10-19(15)25-20(27)17-12-22-21(23-13-17)24-18-9-6-8-16(11-18)14(2)26/h4-13H,3H2,1-2H3,(H,25,27)(H,22,23,24). The summed E-state index contributed by atoms with van der Waals surface area (Å²) in [7, 11) is 0. The second-order valence-corrected chi connectivity index (χ2v) is 6.02. The van der Waals surface area contributed by atoms with Crippen molar-refractivity contribution < 1.29 is 9.59 Å². The van der Waals surface area contributed by atoms with Crippen molar-refractivity contribution in [3.05, 3.63) is 77.6 Å². The second kappa shape index (κ2) is 8.23. The van der Waals surface area contributed by atoms with Crippen LogP contribution in [0.15, 0.2) is 60.9 Å². The van der Waals surface area contributed by atoms with Crippen molar-refractivity contribution in [2.75, 3.05) is 10.6 Å². The summed E-state index contributed by atoms with van der Waals surface area (Å²) >= 11 is 0. The Labute approximate surface area is 157 Å². The van der Waals surface area contributed by atoms with Crippen molar-refractivity contribution >= 4 is 29.0 Å². The number of benzene rings is 2. The van der Waals surface area contributed by atoms with Gasteiger partial charge in [-0.2, -0.15) is 0 Å². The fraction of sp³-hybridized carbons (Fsp3) is 0.143. The number of aryl methyl sites for hydroxylation is 1. The van der Waals surface area contributed by atoms with Gasteiger partial charge in [0, 0.05) is 29.3 Å². The van der Waals surface area contributed by atoms with Crippen LogP contribution >= 0.6 is 0 Å². The van der Waals surface area contributed by atoms with E-state index in [1.165, 1.54) is 19.3 Å². The number of Topliss-reactive ketones (excluding diaryl/α,β-unsaturated/α-hetero) is 1. The molecule has 0 fully saturated rings. The Bertz CT molecular complexity index is 968. The molecule has 3 rings (SSSR count). The summed E-state index contributed by atoms with van der Waals surface area (Å²) in [5, 5.41) is 5.92. The molecule has 6 heteroatoms. The first-order valence-electron chi connectivity index (χ1n) is 8.66. The first-order valence-corrected chi connectivity index (χ1v) is 8.66. The molecule has 0 aliphatic rings. The highest BCUT2D eigenvalue weighted by atomic mass is 16.1. The third-order valence-electron chi connectivity index (χ3n) is 4.09. The van der Waals surface area contributed by atoms with Gasteiger partial charge in [-0.05, 0) is 37.1 Å². The number of hydrogen-bond acceptors (Lipinski definition) is 5. The highest BCUT2D eigenvalue weighted by molar-refractivity contribution is 6.04. The summed E-state index contributed by atoms with van der Waals surface area (Å²) in [5.41, 5.74) is 3.52. The van der Waals surface area contributed by atoms with Gasteiger partial charge in [0.25, 0.3) is 5.91 Å². The van der Waals surface area contributed by atoms with E-state index in [2.05, 4.69) is 20.6 Å². The molecule has 3 aromatic rings. The van der Waals surface area contributed by atoms with Crippen LogP contribution < -0.4 is 10.6 Å². The predicted molar refractivity (Wildman–Crippen MR) is 106 cm³/mol. The van der Waals surface area contributed by atoms with E-state index in [1.807, 2.05) is 37.3 Å². The number of nitrogens with one attached hydrogen (secondary N) is 2. The van der Waals surface area contributed by atoms with Crippen LogP contribution in [0.5, 0.6) is 0 Å². The van der Waals surface area contributed by atoms with Gasteiger partial charge in [0.05, 0.1) is 5.56 Å². The monoisotopic (exact) mass is 360 g/mol. The van der Waals surface area contributed by atoms with Crippen LogP contribution in [-0.2, 0) is 6.42 Å². The van der Waals surface area contributed by atoms with Gasteiger partial charge in [-0.3, -0.25) is 9.59 Å². The Morgan fingerprint density at radius 1 is 0.963 bits per heavy atom. The van der Waals surface area contributed by atoms with Crippen molar-refractivity contribution in [1.82, 2.24) is 9.97 Å². The van der Waals surface area contributed by atoms with Gasteiger partial charge in [0.15, 0.2) is 5.78 Å². The highest BCUT2D eigenvalue weighted by Crippen LogP contribution is 2.18. The molecule has 1 amide bonds. The molecule has 0 spiro atoms. The molecular formula is C21H20N4O2. The molecule has 0 atom stereocenters. The normalized spacial score (nSPS) is 10.3. The first kappa shape index (κ1) is 18.3. The van der Waals surface area contributed by atoms with Crippen LogP contribution in [0.4, 0.5) is 17.3 Å². The molecular weight excluding hydrogens is 340 g/mol. The third kappa shape index (κ3) is 4.55. The van der Waals surface area contributed by atoms with Gasteiger partial charge in [-0.15, -0.1) is 0 Å². The number of para-hydroxylation sites is 1. The summed E-state index contributed by atoms with van der Waals surface area (Å²) in [4.78, 5) is 32.3. The van der Waals surface area contributed by atoms with E-state index < -0.39 is 0 Å². The average Bonchev–Trinajstić information content (AvgIpc) is 2.69. The van der Waals surface area contributed by atoms with Crippen LogP contribution in [0.3, 0.4) is 0 Å². The van der Waals surface area contributed by atoms with Crippen molar-refractivity contribution in [3.63, 3.8) is 0 Å². The molecule has 6 nitrogen and oxygen atoms in total. The lowest BCUT2D eigenvalue weighted by Crippen LogP contribution is -2.14. The summed E-state index contributed by atoms with van der Waals surface area (Å²) in [6.07, 6.45) is 3.76. The zero-order chi connectivity index (χ0) is 19.2. The van der Waals surface area contributed by atoms with Gasteiger partial charge in [-0.1, -0.05) is 37.3 Å². The number of rotatable bonds is 6. The van der Waals surface area contributed by atoms with E-state index in [0.29, 0.717) is 22.8 Å². The Kier molecular flexibility index (Phi) is 5.56. The topological polar surface area (TPSA) is 84.0 Å². The van der Waals surface area contributed by atoms with Crippen LogP contribution in [0.25, 0.3) is 0 Å². The maximum absolute atomic E-state index is 12.4. The summed E-state index contributed by atoms with van der Waals surface area (Å²) in [6.45, 7) is 3.55. The smallest absolute Gasteiger partial charge is 0.258 e. The van der Waals surface area contributed by atoms with Crippen LogP contribution in [-0.4, -0.2) is 21.7 Å². The number of amides is 1. The number of ketones is 1. The SMILES string of the molecule is CCc1ccccc1NC(=O)c1cnc(Nc2cccc(C(C)=O)c2)nc1. The average molecular weight is 360 g/mol. The Morgan fingerprint density at radius 3 is 2.41 bits per heavy atom. The van der Waals surface area contributed by atoms with Crippen LogP contribution in [0.2, 0.25) is 0 Å². The number of carbonyl (C=O) groups excluding carboxylic acids is 2. The molecule has 0 saturated heterocycles. The third-order valence-corrected chi connectivity index (χ3v) is 4.09. The second-order valence-electron chi connectivity index (χ2n) is 6.02. The fourth-order valence-corrected chi connectivity index (χ4v) is 2.60. The minimum absolute atomic E-state index is 0.0149. The zero-order valence-electron chi connectivity index (χ0n) is 15.2. The van der Waals surface area contributed by atoms with Crippen molar-refractivity contribution in [3.8, 4) is 0 Å². The van der Waals surface area contributed by atoms with E-state index in [4.69, 9.17) is 0 Å². The Morgan fingerprint density at radius 2 is 1.70 bits per heavy atom. The molecule has 27 heavy (non-hydrogen) atoms. The molecule has 1 heterocycles. The lowest BCUT2D eigenvalue weighted by Gasteiger charge is -2.10. The summed E-state index contributed by atoms with van der Waals surface area (Å²) in [6, 6.07) is 14.8.